The van der Waals surface area contributed by atoms with Crippen LogP contribution in [0.25, 0.3) is 0 Å². The highest BCUT2D eigenvalue weighted by Crippen LogP contribution is 2.25. The maximum absolute atomic E-state index is 12.2. The number of amides is 1. The summed E-state index contributed by atoms with van der Waals surface area (Å²) >= 11 is 12.4. The number of nitrogens with zero attached hydrogens (tertiary/aromatic N) is 4. The number of aromatic nitrogens is 4. The molecule has 1 aromatic carbocycles. The Hall–Kier alpha value is -2.84. The van der Waals surface area contributed by atoms with Crippen LogP contribution >= 0.6 is 23.2 Å². The Kier molecular flexibility index (Phi) is 5.48. The summed E-state index contributed by atoms with van der Waals surface area (Å²) in [4.78, 5) is 23.3. The summed E-state index contributed by atoms with van der Waals surface area (Å²) in [5.74, 6) is -1.26. The summed E-state index contributed by atoms with van der Waals surface area (Å²) in [6.07, 6.45) is 1.32. The van der Waals surface area contributed by atoms with Crippen LogP contribution < -0.4 is 5.32 Å². The van der Waals surface area contributed by atoms with Crippen molar-refractivity contribution >= 4 is 40.9 Å². The number of aryl methyl sites for hydroxylation is 1. The number of hydrogen-bond donors (Lipinski definition) is 2. The van der Waals surface area contributed by atoms with Crippen molar-refractivity contribution < 1.29 is 14.7 Å². The van der Waals surface area contributed by atoms with Gasteiger partial charge in [0.1, 0.15) is 12.2 Å². The molecule has 27 heavy (non-hydrogen) atoms. The summed E-state index contributed by atoms with van der Waals surface area (Å²) in [7, 11) is 0. The van der Waals surface area contributed by atoms with Gasteiger partial charge in [0.05, 0.1) is 6.54 Å². The van der Waals surface area contributed by atoms with E-state index in [1.807, 2.05) is 6.92 Å². The fourth-order valence-electron chi connectivity index (χ4n) is 2.52. The fraction of sp³-hybridized carbons (Fsp3) is 0.176. The van der Waals surface area contributed by atoms with Crippen LogP contribution in [0.3, 0.4) is 0 Å². The standard InChI is InChI=1S/C17H15Cl2N5O3/c1-10-7-15(21-16(25)9-24-14(17(26)27)5-6-20-24)22-23(10)8-11-12(18)3-2-4-13(11)19/h2-7H,8-9H2,1H3,(H,26,27)(H,21,22,25). The van der Waals surface area contributed by atoms with Crippen LogP contribution in [0.4, 0.5) is 5.82 Å². The molecule has 0 aliphatic carbocycles. The number of benzene rings is 1. The number of hydrogen-bond acceptors (Lipinski definition) is 4. The highest BCUT2D eigenvalue weighted by molar-refractivity contribution is 6.35. The minimum Gasteiger partial charge on any atom is -0.477 e. The number of carboxylic acids is 1. The minimum atomic E-state index is -1.16. The first-order valence-electron chi connectivity index (χ1n) is 7.87. The van der Waals surface area contributed by atoms with Crippen LogP contribution in [-0.4, -0.2) is 36.5 Å². The van der Waals surface area contributed by atoms with E-state index >= 15 is 0 Å². The number of halogens is 2. The summed E-state index contributed by atoms with van der Waals surface area (Å²) in [5, 5.41) is 20.9. The number of carboxylic acid groups (broad SMARTS) is 1. The van der Waals surface area contributed by atoms with Crippen LogP contribution in [0.5, 0.6) is 0 Å². The lowest BCUT2D eigenvalue weighted by molar-refractivity contribution is -0.116. The average molecular weight is 408 g/mol. The third-order valence-corrected chi connectivity index (χ3v) is 4.56. The quantitative estimate of drug-likeness (QED) is 0.653. The average Bonchev–Trinajstić information content (AvgIpc) is 3.18. The first-order chi connectivity index (χ1) is 12.8. The van der Waals surface area contributed by atoms with Gasteiger partial charge < -0.3 is 10.4 Å². The molecule has 0 radical (unpaired) electrons. The van der Waals surface area contributed by atoms with Gasteiger partial charge in [0.2, 0.25) is 5.91 Å². The zero-order chi connectivity index (χ0) is 19.6. The van der Waals surface area contributed by atoms with Crippen molar-refractivity contribution in [2.45, 2.75) is 20.0 Å². The first-order valence-corrected chi connectivity index (χ1v) is 8.63. The molecular weight excluding hydrogens is 393 g/mol. The molecule has 2 heterocycles. The number of carbonyl (C=O) groups excluding carboxylic acids is 1. The number of anilines is 1. The number of aromatic carboxylic acids is 1. The maximum atomic E-state index is 12.2. The van der Waals surface area contributed by atoms with Gasteiger partial charge in [0.25, 0.3) is 0 Å². The predicted octanol–water partition coefficient (Wildman–Crippen LogP) is 3.08. The second-order valence-corrected chi connectivity index (χ2v) is 6.57. The van der Waals surface area contributed by atoms with E-state index in [0.717, 1.165) is 15.9 Å². The van der Waals surface area contributed by atoms with E-state index in [1.165, 1.54) is 12.3 Å². The van der Waals surface area contributed by atoms with E-state index in [9.17, 15) is 9.59 Å². The minimum absolute atomic E-state index is 0.0692. The third-order valence-electron chi connectivity index (χ3n) is 3.85. The molecule has 2 aromatic heterocycles. The van der Waals surface area contributed by atoms with Crippen molar-refractivity contribution in [2.24, 2.45) is 0 Å². The van der Waals surface area contributed by atoms with Gasteiger partial charge in [-0.05, 0) is 25.1 Å². The molecule has 0 saturated carbocycles. The summed E-state index contributed by atoms with van der Waals surface area (Å²) < 4.78 is 2.77. The second kappa shape index (κ2) is 7.81. The van der Waals surface area contributed by atoms with Gasteiger partial charge in [-0.25, -0.2) is 9.48 Å². The van der Waals surface area contributed by atoms with E-state index in [1.54, 1.807) is 28.9 Å². The molecule has 3 aromatic rings. The molecule has 0 spiro atoms. The monoisotopic (exact) mass is 407 g/mol. The molecular formula is C17H15Cl2N5O3. The molecule has 0 bridgehead atoms. The van der Waals surface area contributed by atoms with Crippen LogP contribution in [0, 0.1) is 6.92 Å². The van der Waals surface area contributed by atoms with Crippen molar-refractivity contribution in [2.75, 3.05) is 5.32 Å². The summed E-state index contributed by atoms with van der Waals surface area (Å²) in [5.41, 5.74) is 1.46. The Morgan fingerprint density at radius 2 is 1.89 bits per heavy atom. The SMILES string of the molecule is Cc1cc(NC(=O)Cn2nccc2C(=O)O)nn1Cc1c(Cl)cccc1Cl. The van der Waals surface area contributed by atoms with Crippen molar-refractivity contribution in [1.82, 2.24) is 19.6 Å². The molecule has 0 fully saturated rings. The fourth-order valence-corrected chi connectivity index (χ4v) is 3.04. The van der Waals surface area contributed by atoms with Gasteiger partial charge in [-0.2, -0.15) is 10.2 Å². The highest BCUT2D eigenvalue weighted by atomic mass is 35.5. The Labute approximate surface area is 164 Å². The van der Waals surface area contributed by atoms with E-state index < -0.39 is 11.9 Å². The van der Waals surface area contributed by atoms with Gasteiger partial charge in [0.15, 0.2) is 5.82 Å². The largest absolute Gasteiger partial charge is 0.477 e. The van der Waals surface area contributed by atoms with E-state index in [4.69, 9.17) is 28.3 Å². The first kappa shape index (κ1) is 18.9. The summed E-state index contributed by atoms with van der Waals surface area (Å²) in [6, 6.07) is 8.27. The van der Waals surface area contributed by atoms with Crippen molar-refractivity contribution in [3.63, 3.8) is 0 Å². The van der Waals surface area contributed by atoms with Crippen molar-refractivity contribution in [3.8, 4) is 0 Å². The zero-order valence-corrected chi connectivity index (χ0v) is 15.7. The van der Waals surface area contributed by atoms with E-state index in [0.29, 0.717) is 22.4 Å². The summed E-state index contributed by atoms with van der Waals surface area (Å²) in [6.45, 7) is 1.95. The van der Waals surface area contributed by atoms with Gasteiger partial charge >= 0.3 is 5.97 Å². The number of rotatable bonds is 6. The Morgan fingerprint density at radius 3 is 2.56 bits per heavy atom. The molecule has 8 nitrogen and oxygen atoms in total. The van der Waals surface area contributed by atoms with Crippen LogP contribution in [0.15, 0.2) is 36.5 Å². The van der Waals surface area contributed by atoms with Crippen molar-refractivity contribution in [3.05, 3.63) is 63.5 Å². The highest BCUT2D eigenvalue weighted by Gasteiger charge is 2.15. The molecule has 0 aliphatic rings. The number of carbonyl (C=O) groups is 2. The Balaban J connectivity index is 1.72. The molecule has 3 rings (SSSR count). The van der Waals surface area contributed by atoms with Crippen LogP contribution in [0.2, 0.25) is 10.0 Å². The lowest BCUT2D eigenvalue weighted by atomic mass is 10.2. The molecule has 0 unspecified atom stereocenters. The van der Waals surface area contributed by atoms with Gasteiger partial charge in [-0.15, -0.1) is 0 Å². The molecule has 0 atom stereocenters. The van der Waals surface area contributed by atoms with Crippen LogP contribution in [-0.2, 0) is 17.9 Å². The maximum Gasteiger partial charge on any atom is 0.354 e. The second-order valence-electron chi connectivity index (χ2n) is 5.76. The predicted molar refractivity (Wildman–Crippen MR) is 100 cm³/mol. The molecule has 1 amide bonds. The van der Waals surface area contributed by atoms with E-state index in [2.05, 4.69) is 15.5 Å². The van der Waals surface area contributed by atoms with Gasteiger partial charge in [-0.1, -0.05) is 29.3 Å². The lowest BCUT2D eigenvalue weighted by Crippen LogP contribution is -2.22. The molecule has 10 heteroatoms. The molecule has 0 aliphatic heterocycles. The molecule has 0 saturated heterocycles. The van der Waals surface area contributed by atoms with Gasteiger partial charge in [-0.3, -0.25) is 9.48 Å². The molecule has 2 N–H and O–H groups in total. The van der Waals surface area contributed by atoms with E-state index in [-0.39, 0.29) is 12.2 Å². The Morgan fingerprint density at radius 1 is 1.19 bits per heavy atom. The van der Waals surface area contributed by atoms with Gasteiger partial charge in [0, 0.05) is 33.6 Å². The molecule has 140 valence electrons. The zero-order valence-electron chi connectivity index (χ0n) is 14.2. The Bertz CT molecular complexity index is 992. The smallest absolute Gasteiger partial charge is 0.354 e. The lowest BCUT2D eigenvalue weighted by Gasteiger charge is -2.08. The topological polar surface area (TPSA) is 102 Å². The number of nitrogens with one attached hydrogen (secondary N) is 1. The third kappa shape index (κ3) is 4.29. The van der Waals surface area contributed by atoms with Crippen molar-refractivity contribution in [1.29, 1.82) is 0 Å². The van der Waals surface area contributed by atoms with Crippen LogP contribution in [0.1, 0.15) is 21.7 Å². The normalized spacial score (nSPS) is 10.8.